The molecule has 10 nitrogen and oxygen atoms in total. The van der Waals surface area contributed by atoms with Crippen LogP contribution in [-0.2, 0) is 29.5 Å². The number of aromatic amines is 1. The number of nitrogens with one attached hydrogen (secondary N) is 1. The van der Waals surface area contributed by atoms with Crippen molar-refractivity contribution in [2.24, 2.45) is 5.92 Å². The van der Waals surface area contributed by atoms with Crippen LogP contribution >= 0.6 is 7.82 Å². The molecule has 0 saturated carbocycles. The number of rotatable bonds is 4. The highest BCUT2D eigenvalue weighted by Gasteiger charge is 2.49. The number of aromatic nitrogens is 2. The number of benzene rings is 1. The minimum absolute atomic E-state index is 0.0479. The standard InChI is InChI=1S/C17H19N2O8P/c20-14-6-7-19(17(22)18-14)16-15(21)12-9-25-28(23,26-10-13(12)27-16)24-8-11-4-2-1-3-5-11/h1-7,12-13,15-16,21H,8-10H2,(H,18,20,22)/t12-,13-,15-,16-,28+/m1/s1. The van der Waals surface area contributed by atoms with E-state index in [9.17, 15) is 19.3 Å². The van der Waals surface area contributed by atoms with Crippen molar-refractivity contribution in [2.45, 2.75) is 25.0 Å². The first-order valence-electron chi connectivity index (χ1n) is 8.68. The fourth-order valence-electron chi connectivity index (χ4n) is 3.20. The van der Waals surface area contributed by atoms with Gasteiger partial charge in [-0.3, -0.25) is 27.9 Å². The molecule has 0 amide bonds. The van der Waals surface area contributed by atoms with Crippen LogP contribution in [0.15, 0.2) is 52.2 Å². The van der Waals surface area contributed by atoms with Crippen molar-refractivity contribution >= 4 is 7.82 Å². The van der Waals surface area contributed by atoms with Crippen molar-refractivity contribution in [3.05, 3.63) is 69.0 Å². The van der Waals surface area contributed by atoms with Crippen LogP contribution < -0.4 is 11.2 Å². The summed E-state index contributed by atoms with van der Waals surface area (Å²) in [6, 6.07) is 10.3. The van der Waals surface area contributed by atoms with Gasteiger partial charge in [0.25, 0.3) is 5.56 Å². The van der Waals surface area contributed by atoms with Gasteiger partial charge in [0.1, 0.15) is 6.10 Å². The topological polar surface area (TPSA) is 129 Å². The Balaban J connectivity index is 1.44. The minimum Gasteiger partial charge on any atom is -0.388 e. The molecule has 1 aromatic heterocycles. The largest absolute Gasteiger partial charge is 0.475 e. The molecule has 0 bridgehead atoms. The molecule has 3 heterocycles. The molecule has 2 aliphatic rings. The highest BCUT2D eigenvalue weighted by molar-refractivity contribution is 7.48. The number of hydrogen-bond donors (Lipinski definition) is 2. The van der Waals surface area contributed by atoms with Gasteiger partial charge in [-0.25, -0.2) is 9.36 Å². The zero-order valence-corrected chi connectivity index (χ0v) is 15.6. The maximum atomic E-state index is 12.7. The number of phosphoric ester groups is 1. The summed E-state index contributed by atoms with van der Waals surface area (Å²) < 4.78 is 35.6. The van der Waals surface area contributed by atoms with Crippen molar-refractivity contribution in [1.82, 2.24) is 9.55 Å². The molecule has 0 radical (unpaired) electrons. The van der Waals surface area contributed by atoms with E-state index in [0.29, 0.717) is 0 Å². The summed E-state index contributed by atoms with van der Waals surface area (Å²) in [4.78, 5) is 25.3. The van der Waals surface area contributed by atoms with Crippen LogP contribution in [-0.4, -0.2) is 40.1 Å². The number of aliphatic hydroxyl groups excluding tert-OH is 1. The Kier molecular flexibility index (Phi) is 5.33. The monoisotopic (exact) mass is 410 g/mol. The number of phosphoric acid groups is 1. The van der Waals surface area contributed by atoms with Crippen LogP contribution in [0.2, 0.25) is 0 Å². The number of H-pyrrole nitrogens is 1. The lowest BCUT2D eigenvalue weighted by Gasteiger charge is -2.20. The molecule has 1 aromatic carbocycles. The molecular formula is C17H19N2O8P. The maximum absolute atomic E-state index is 12.7. The normalized spacial score (nSPS) is 32.6. The van der Waals surface area contributed by atoms with Gasteiger partial charge in [-0.05, 0) is 5.56 Å². The predicted octanol–water partition coefficient (Wildman–Crippen LogP) is 0.783. The van der Waals surface area contributed by atoms with Crippen LogP contribution in [0.1, 0.15) is 11.8 Å². The average Bonchev–Trinajstić information content (AvgIpc) is 2.89. The first-order chi connectivity index (χ1) is 13.5. The van der Waals surface area contributed by atoms with Gasteiger partial charge in [0.2, 0.25) is 0 Å². The van der Waals surface area contributed by atoms with Crippen molar-refractivity contribution in [3.63, 3.8) is 0 Å². The van der Waals surface area contributed by atoms with Crippen molar-refractivity contribution in [1.29, 1.82) is 0 Å². The molecule has 5 atom stereocenters. The molecule has 2 aliphatic heterocycles. The Morgan fingerprint density at radius 2 is 1.93 bits per heavy atom. The summed E-state index contributed by atoms with van der Waals surface area (Å²) >= 11 is 0. The Morgan fingerprint density at radius 3 is 2.68 bits per heavy atom. The van der Waals surface area contributed by atoms with Crippen molar-refractivity contribution in [2.75, 3.05) is 13.2 Å². The van der Waals surface area contributed by atoms with Crippen molar-refractivity contribution in [3.8, 4) is 0 Å². The van der Waals surface area contributed by atoms with Crippen molar-refractivity contribution < 1.29 is 28.0 Å². The van der Waals surface area contributed by atoms with E-state index >= 15 is 0 Å². The summed E-state index contributed by atoms with van der Waals surface area (Å²) in [7, 11) is -3.82. The lowest BCUT2D eigenvalue weighted by Crippen LogP contribution is -2.36. The molecule has 2 fully saturated rings. The van der Waals surface area contributed by atoms with Crippen LogP contribution in [0.25, 0.3) is 0 Å². The molecule has 0 spiro atoms. The summed E-state index contributed by atoms with van der Waals surface area (Å²) in [6.45, 7) is -0.221. The lowest BCUT2D eigenvalue weighted by molar-refractivity contribution is -0.0531. The van der Waals surface area contributed by atoms with Gasteiger partial charge in [-0.2, -0.15) is 0 Å². The third-order valence-corrected chi connectivity index (χ3v) is 6.08. The smallest absolute Gasteiger partial charge is 0.388 e. The fraction of sp³-hybridized carbons (Fsp3) is 0.412. The molecule has 11 heteroatoms. The Labute approximate surface area is 159 Å². The molecule has 2 saturated heterocycles. The molecule has 0 unspecified atom stereocenters. The second-order valence-electron chi connectivity index (χ2n) is 6.53. The number of hydrogen-bond acceptors (Lipinski definition) is 8. The second-order valence-corrected chi connectivity index (χ2v) is 8.20. The Bertz CT molecular complexity index is 990. The Morgan fingerprint density at radius 1 is 1.18 bits per heavy atom. The first-order valence-corrected chi connectivity index (χ1v) is 10.1. The maximum Gasteiger partial charge on any atom is 0.475 e. The summed E-state index contributed by atoms with van der Waals surface area (Å²) in [6.07, 6.45) is -1.56. The predicted molar refractivity (Wildman–Crippen MR) is 95.5 cm³/mol. The third-order valence-electron chi connectivity index (χ3n) is 4.70. The summed E-state index contributed by atoms with van der Waals surface area (Å²) in [5.41, 5.74) is -0.444. The quantitative estimate of drug-likeness (QED) is 0.708. The third kappa shape index (κ3) is 3.88. The summed E-state index contributed by atoms with van der Waals surface area (Å²) in [5.74, 6) is -0.583. The zero-order chi connectivity index (χ0) is 19.7. The number of ether oxygens (including phenoxy) is 1. The van der Waals surface area contributed by atoms with E-state index in [-0.39, 0.29) is 19.8 Å². The number of fused-ring (bicyclic) bond motifs is 1. The van der Waals surface area contributed by atoms with Gasteiger partial charge < -0.3 is 9.84 Å². The van der Waals surface area contributed by atoms with Crippen LogP contribution in [0.3, 0.4) is 0 Å². The van der Waals surface area contributed by atoms with Crippen LogP contribution in [0.5, 0.6) is 0 Å². The number of aliphatic hydroxyl groups is 1. The second kappa shape index (κ2) is 7.75. The Hall–Kier alpha value is -2.07. The van der Waals surface area contributed by atoms with E-state index in [2.05, 4.69) is 4.98 Å². The molecule has 4 rings (SSSR count). The van der Waals surface area contributed by atoms with E-state index in [0.717, 1.165) is 16.2 Å². The summed E-state index contributed by atoms with van der Waals surface area (Å²) in [5, 5.41) is 10.6. The highest BCUT2D eigenvalue weighted by Crippen LogP contribution is 2.54. The van der Waals surface area contributed by atoms with Crippen LogP contribution in [0, 0.1) is 5.92 Å². The SMILES string of the molecule is O=c1ccn([C@@H]2O[C@@H]3CO[P@@](=O)(OCc4ccccc4)OC[C@H]3[C@H]2O)c(=O)[nH]1. The van der Waals surface area contributed by atoms with E-state index < -0.39 is 43.4 Å². The van der Waals surface area contributed by atoms with Gasteiger partial charge >= 0.3 is 13.5 Å². The van der Waals surface area contributed by atoms with E-state index in [1.165, 1.54) is 6.20 Å². The average molecular weight is 410 g/mol. The minimum atomic E-state index is -3.82. The fourth-order valence-corrected chi connectivity index (χ4v) is 4.42. The van der Waals surface area contributed by atoms with E-state index in [4.69, 9.17) is 18.3 Å². The number of nitrogens with zero attached hydrogens (tertiary/aromatic N) is 1. The molecule has 0 aliphatic carbocycles. The molecule has 2 N–H and O–H groups in total. The van der Waals surface area contributed by atoms with Gasteiger partial charge in [-0.1, -0.05) is 30.3 Å². The van der Waals surface area contributed by atoms with E-state index in [1.54, 1.807) is 0 Å². The molecule has 28 heavy (non-hydrogen) atoms. The van der Waals surface area contributed by atoms with Gasteiger partial charge in [0.05, 0.1) is 25.9 Å². The van der Waals surface area contributed by atoms with Gasteiger partial charge in [0, 0.05) is 18.2 Å². The molecular weight excluding hydrogens is 391 g/mol. The van der Waals surface area contributed by atoms with E-state index in [1.807, 2.05) is 30.3 Å². The van der Waals surface area contributed by atoms with Gasteiger partial charge in [0.15, 0.2) is 6.23 Å². The zero-order valence-electron chi connectivity index (χ0n) is 14.7. The molecule has 2 aromatic rings. The lowest BCUT2D eigenvalue weighted by atomic mass is 9.99. The highest BCUT2D eigenvalue weighted by atomic mass is 31.2. The van der Waals surface area contributed by atoms with Crippen LogP contribution in [0.4, 0.5) is 0 Å². The first kappa shape index (κ1) is 19.3. The molecule has 150 valence electrons. The van der Waals surface area contributed by atoms with Gasteiger partial charge in [-0.15, -0.1) is 0 Å².